The lowest BCUT2D eigenvalue weighted by molar-refractivity contribution is -0.129. The molecule has 7 nitrogen and oxygen atoms in total. The summed E-state index contributed by atoms with van der Waals surface area (Å²) in [5, 5.41) is 9.01. The van der Waals surface area contributed by atoms with Crippen molar-refractivity contribution < 1.29 is 4.79 Å². The standard InChI is InChI=1S/C19H18N6OS/c26-19(11-15-14-3-1-2-4-16(14)27-23-15)24-9-7-13(12-24)21-17-5-6-18-20-8-10-25(18)22-17/h1-6,8,10,13H,7,9,11-12H2,(H,21,22). The number of fused-ring (bicyclic) bond motifs is 2. The van der Waals surface area contributed by atoms with Crippen LogP contribution in [0.5, 0.6) is 0 Å². The number of hydrogen-bond donors (Lipinski definition) is 1. The fraction of sp³-hybridized carbons (Fsp3) is 0.263. The minimum atomic E-state index is 0.133. The lowest BCUT2D eigenvalue weighted by Crippen LogP contribution is -2.32. The Kier molecular flexibility index (Phi) is 3.97. The first-order valence-electron chi connectivity index (χ1n) is 8.94. The van der Waals surface area contributed by atoms with Crippen molar-refractivity contribution >= 4 is 39.0 Å². The van der Waals surface area contributed by atoms with Gasteiger partial charge in [-0.25, -0.2) is 9.50 Å². The Hall–Kier alpha value is -3.00. The van der Waals surface area contributed by atoms with Gasteiger partial charge in [-0.3, -0.25) is 4.79 Å². The number of benzene rings is 1. The van der Waals surface area contributed by atoms with Gasteiger partial charge in [0.2, 0.25) is 5.91 Å². The van der Waals surface area contributed by atoms with Crippen molar-refractivity contribution in [1.29, 1.82) is 0 Å². The van der Waals surface area contributed by atoms with Crippen LogP contribution < -0.4 is 5.32 Å². The molecule has 3 aromatic heterocycles. The molecule has 0 spiro atoms. The third-order valence-corrected chi connectivity index (χ3v) is 5.78. The first kappa shape index (κ1) is 16.2. The van der Waals surface area contributed by atoms with Gasteiger partial charge in [-0.1, -0.05) is 18.2 Å². The van der Waals surface area contributed by atoms with E-state index in [9.17, 15) is 4.79 Å². The largest absolute Gasteiger partial charge is 0.364 e. The molecule has 4 heterocycles. The number of rotatable bonds is 4. The maximum Gasteiger partial charge on any atom is 0.228 e. The van der Waals surface area contributed by atoms with E-state index in [1.165, 1.54) is 11.5 Å². The highest BCUT2D eigenvalue weighted by Crippen LogP contribution is 2.24. The van der Waals surface area contributed by atoms with Crippen LogP contribution in [0.3, 0.4) is 0 Å². The topological polar surface area (TPSA) is 75.4 Å². The summed E-state index contributed by atoms with van der Waals surface area (Å²) < 4.78 is 7.35. The van der Waals surface area contributed by atoms with Crippen molar-refractivity contribution in [2.45, 2.75) is 18.9 Å². The molecule has 0 aliphatic carbocycles. The van der Waals surface area contributed by atoms with E-state index in [0.29, 0.717) is 13.0 Å². The van der Waals surface area contributed by atoms with Crippen molar-refractivity contribution in [3.63, 3.8) is 0 Å². The van der Waals surface area contributed by atoms with E-state index in [2.05, 4.69) is 19.8 Å². The van der Waals surface area contributed by atoms with Crippen LogP contribution >= 0.6 is 11.5 Å². The van der Waals surface area contributed by atoms with Gasteiger partial charge < -0.3 is 10.2 Å². The van der Waals surface area contributed by atoms with Gasteiger partial charge in [0.1, 0.15) is 5.82 Å². The van der Waals surface area contributed by atoms with Crippen LogP contribution in [0.15, 0.2) is 48.8 Å². The molecule has 8 heteroatoms. The smallest absolute Gasteiger partial charge is 0.228 e. The summed E-state index contributed by atoms with van der Waals surface area (Å²) in [4.78, 5) is 18.8. The zero-order valence-corrected chi connectivity index (χ0v) is 15.4. The van der Waals surface area contributed by atoms with E-state index in [4.69, 9.17) is 0 Å². The summed E-state index contributed by atoms with van der Waals surface area (Å²) in [5.74, 6) is 0.929. The van der Waals surface area contributed by atoms with Gasteiger partial charge in [0.05, 0.1) is 16.8 Å². The van der Waals surface area contributed by atoms with Gasteiger partial charge in [-0.15, -0.1) is 5.10 Å². The predicted molar refractivity (Wildman–Crippen MR) is 105 cm³/mol. The van der Waals surface area contributed by atoms with Crippen molar-refractivity contribution in [2.75, 3.05) is 18.4 Å². The van der Waals surface area contributed by atoms with E-state index in [1.807, 2.05) is 47.5 Å². The van der Waals surface area contributed by atoms with E-state index < -0.39 is 0 Å². The van der Waals surface area contributed by atoms with Crippen LogP contribution in [0.25, 0.3) is 15.7 Å². The Morgan fingerprint density at radius 2 is 2.19 bits per heavy atom. The number of imidazole rings is 1. The van der Waals surface area contributed by atoms with Gasteiger partial charge in [0, 0.05) is 36.9 Å². The Morgan fingerprint density at radius 3 is 3.15 bits per heavy atom. The molecule has 1 saturated heterocycles. The number of anilines is 1. The molecule has 1 amide bonds. The number of likely N-dealkylation sites (tertiary alicyclic amines) is 1. The van der Waals surface area contributed by atoms with Crippen molar-refractivity contribution in [3.8, 4) is 0 Å². The minimum Gasteiger partial charge on any atom is -0.364 e. The fourth-order valence-corrected chi connectivity index (χ4v) is 4.32. The Morgan fingerprint density at radius 1 is 1.26 bits per heavy atom. The Bertz CT molecular complexity index is 1120. The number of carbonyl (C=O) groups is 1. The summed E-state index contributed by atoms with van der Waals surface area (Å²) in [7, 11) is 0. The molecule has 1 atom stereocenters. The van der Waals surface area contributed by atoms with Crippen LogP contribution in [0.2, 0.25) is 0 Å². The molecule has 0 radical (unpaired) electrons. The summed E-state index contributed by atoms with van der Waals surface area (Å²) in [6.07, 6.45) is 4.82. The highest BCUT2D eigenvalue weighted by molar-refractivity contribution is 7.13. The highest BCUT2D eigenvalue weighted by atomic mass is 32.1. The molecule has 1 aromatic carbocycles. The summed E-state index contributed by atoms with van der Waals surface area (Å²) in [6, 6.07) is 12.1. The number of hydrogen-bond acceptors (Lipinski definition) is 6. The normalized spacial score (nSPS) is 17.0. The lowest BCUT2D eigenvalue weighted by Gasteiger charge is -2.17. The highest BCUT2D eigenvalue weighted by Gasteiger charge is 2.27. The monoisotopic (exact) mass is 378 g/mol. The molecule has 136 valence electrons. The second-order valence-corrected chi connectivity index (χ2v) is 7.53. The number of nitrogens with one attached hydrogen (secondary N) is 1. The molecule has 1 N–H and O–H groups in total. The Balaban J connectivity index is 1.24. The molecule has 1 aliphatic rings. The van der Waals surface area contributed by atoms with Gasteiger partial charge >= 0.3 is 0 Å². The van der Waals surface area contributed by atoms with E-state index in [1.54, 1.807) is 10.7 Å². The van der Waals surface area contributed by atoms with E-state index in [-0.39, 0.29) is 11.9 Å². The van der Waals surface area contributed by atoms with Gasteiger partial charge in [-0.05, 0) is 36.2 Å². The minimum absolute atomic E-state index is 0.133. The van der Waals surface area contributed by atoms with Gasteiger partial charge in [-0.2, -0.15) is 4.37 Å². The van der Waals surface area contributed by atoms with E-state index >= 15 is 0 Å². The first-order chi connectivity index (χ1) is 13.3. The van der Waals surface area contributed by atoms with Gasteiger partial charge in [0.25, 0.3) is 0 Å². The summed E-state index contributed by atoms with van der Waals surface area (Å²) >= 11 is 1.45. The third kappa shape index (κ3) is 3.12. The quantitative estimate of drug-likeness (QED) is 0.591. The molecule has 0 bridgehead atoms. The molecule has 1 fully saturated rings. The third-order valence-electron chi connectivity index (χ3n) is 4.92. The van der Waals surface area contributed by atoms with E-state index in [0.717, 1.165) is 40.2 Å². The average molecular weight is 378 g/mol. The number of nitrogens with zero attached hydrogens (tertiary/aromatic N) is 5. The SMILES string of the molecule is O=C(Cc1nsc2ccccc12)N1CCC(Nc2ccc3nccn3n2)C1. The second kappa shape index (κ2) is 6.62. The van der Waals surface area contributed by atoms with Crippen molar-refractivity contribution in [3.05, 3.63) is 54.5 Å². The second-order valence-electron chi connectivity index (χ2n) is 6.72. The molecular formula is C19H18N6OS. The average Bonchev–Trinajstić information content (AvgIpc) is 3.41. The van der Waals surface area contributed by atoms with Gasteiger partial charge in [0.15, 0.2) is 5.65 Å². The lowest BCUT2D eigenvalue weighted by atomic mass is 10.1. The summed E-state index contributed by atoms with van der Waals surface area (Å²) in [6.45, 7) is 1.44. The van der Waals surface area contributed by atoms with Crippen LogP contribution in [-0.4, -0.2) is 48.9 Å². The zero-order valence-electron chi connectivity index (χ0n) is 14.6. The van der Waals surface area contributed by atoms with Crippen LogP contribution in [0.1, 0.15) is 12.1 Å². The maximum atomic E-state index is 12.7. The Labute approximate surface area is 159 Å². The maximum absolute atomic E-state index is 12.7. The number of aromatic nitrogens is 4. The summed E-state index contributed by atoms with van der Waals surface area (Å²) in [5.41, 5.74) is 1.70. The van der Waals surface area contributed by atoms with Crippen LogP contribution in [-0.2, 0) is 11.2 Å². The molecule has 1 unspecified atom stereocenters. The number of amides is 1. The fourth-order valence-electron chi connectivity index (χ4n) is 3.53. The molecule has 1 aliphatic heterocycles. The molecule has 27 heavy (non-hydrogen) atoms. The molecule has 5 rings (SSSR count). The molecule has 4 aromatic rings. The van der Waals surface area contributed by atoms with Crippen LogP contribution in [0.4, 0.5) is 5.82 Å². The first-order valence-corrected chi connectivity index (χ1v) is 9.71. The molecule has 0 saturated carbocycles. The van der Waals surface area contributed by atoms with Crippen molar-refractivity contribution in [1.82, 2.24) is 23.9 Å². The molecular weight excluding hydrogens is 360 g/mol. The zero-order chi connectivity index (χ0) is 18.2. The number of carbonyl (C=O) groups excluding carboxylic acids is 1. The van der Waals surface area contributed by atoms with Crippen molar-refractivity contribution in [2.24, 2.45) is 0 Å². The van der Waals surface area contributed by atoms with Crippen LogP contribution in [0, 0.1) is 0 Å². The predicted octanol–water partition coefficient (Wildman–Crippen LogP) is 2.59.